The van der Waals surface area contributed by atoms with Crippen LogP contribution >= 0.6 is 0 Å². The molecule has 0 radical (unpaired) electrons. The van der Waals surface area contributed by atoms with Gasteiger partial charge in [-0.25, -0.2) is 4.79 Å². The maximum atomic E-state index is 13.1. The number of carbonyl (C=O) groups is 2. The number of hydrogen-bond donors (Lipinski definition) is 1. The van der Waals surface area contributed by atoms with Gasteiger partial charge in [0.25, 0.3) is 0 Å². The zero-order valence-electron chi connectivity index (χ0n) is 13.1. The molecule has 2 rings (SSSR count). The zero-order chi connectivity index (χ0) is 18.6. The second kappa shape index (κ2) is 7.33. The van der Waals surface area contributed by atoms with E-state index in [2.05, 4.69) is 4.98 Å². The molecule has 0 spiro atoms. The summed E-state index contributed by atoms with van der Waals surface area (Å²) < 4.78 is 44.2. The van der Waals surface area contributed by atoms with Crippen molar-refractivity contribution in [2.45, 2.75) is 19.0 Å². The number of carboxylic acid groups (broad SMARTS) is 1. The summed E-state index contributed by atoms with van der Waals surface area (Å²) in [7, 11) is 1.26. The standard InChI is InChI=1S/C17H14F3NO4/c1-25-14-5-3-10(15(8-14)17(18,19)20)6-13(22)7-12-4-2-11(9-21-12)16(23)24/h2-5,8-9H,6-7H2,1H3,(H,23,24). The first-order chi connectivity index (χ1) is 11.7. The molecular formula is C17H14F3NO4. The van der Waals surface area contributed by atoms with Gasteiger partial charge in [0.1, 0.15) is 11.5 Å². The molecule has 0 atom stereocenters. The van der Waals surface area contributed by atoms with Crippen LogP contribution in [0.5, 0.6) is 5.75 Å². The van der Waals surface area contributed by atoms with E-state index in [1.165, 1.54) is 31.4 Å². The third kappa shape index (κ3) is 4.79. The van der Waals surface area contributed by atoms with Gasteiger partial charge in [-0.3, -0.25) is 9.78 Å². The molecule has 0 saturated heterocycles. The molecule has 0 aliphatic heterocycles. The van der Waals surface area contributed by atoms with E-state index in [1.807, 2.05) is 0 Å². The summed E-state index contributed by atoms with van der Waals surface area (Å²) in [4.78, 5) is 26.7. The molecule has 1 aromatic heterocycles. The van der Waals surface area contributed by atoms with Gasteiger partial charge in [0.05, 0.1) is 18.2 Å². The van der Waals surface area contributed by atoms with Gasteiger partial charge in [-0.2, -0.15) is 13.2 Å². The Morgan fingerprint density at radius 1 is 1.16 bits per heavy atom. The lowest BCUT2D eigenvalue weighted by Gasteiger charge is -2.14. The number of halogens is 3. The molecule has 25 heavy (non-hydrogen) atoms. The Labute approximate surface area is 141 Å². The van der Waals surface area contributed by atoms with Crippen molar-refractivity contribution in [1.29, 1.82) is 0 Å². The number of nitrogens with zero attached hydrogens (tertiary/aromatic N) is 1. The number of alkyl halides is 3. The number of benzene rings is 1. The minimum atomic E-state index is -4.61. The Kier molecular flexibility index (Phi) is 5.41. The second-order valence-electron chi connectivity index (χ2n) is 5.26. The molecule has 1 heterocycles. The monoisotopic (exact) mass is 353 g/mol. The Balaban J connectivity index is 2.16. The topological polar surface area (TPSA) is 76.5 Å². The van der Waals surface area contributed by atoms with Crippen molar-refractivity contribution < 1.29 is 32.6 Å². The molecule has 0 bridgehead atoms. The molecular weight excluding hydrogens is 339 g/mol. The molecule has 0 fully saturated rings. The highest BCUT2D eigenvalue weighted by atomic mass is 19.4. The Morgan fingerprint density at radius 3 is 2.40 bits per heavy atom. The number of aromatic nitrogens is 1. The predicted molar refractivity (Wildman–Crippen MR) is 81.6 cm³/mol. The van der Waals surface area contributed by atoms with E-state index >= 15 is 0 Å². The van der Waals surface area contributed by atoms with Crippen molar-refractivity contribution >= 4 is 11.8 Å². The largest absolute Gasteiger partial charge is 0.497 e. The van der Waals surface area contributed by atoms with Gasteiger partial charge in [0.15, 0.2) is 0 Å². The van der Waals surface area contributed by atoms with Crippen LogP contribution in [0.2, 0.25) is 0 Å². The number of pyridine rings is 1. The van der Waals surface area contributed by atoms with Gasteiger partial charge in [0, 0.05) is 24.7 Å². The number of Topliss-reactive ketones (excluding diaryl/α,β-unsaturated/α-hetero) is 1. The van der Waals surface area contributed by atoms with Gasteiger partial charge in [-0.15, -0.1) is 0 Å². The molecule has 2 aromatic rings. The highest BCUT2D eigenvalue weighted by Crippen LogP contribution is 2.34. The summed E-state index contributed by atoms with van der Waals surface area (Å²) in [5.41, 5.74) is -0.822. The second-order valence-corrected chi connectivity index (χ2v) is 5.26. The van der Waals surface area contributed by atoms with Crippen molar-refractivity contribution in [3.8, 4) is 5.75 Å². The minimum absolute atomic E-state index is 0.0364. The Morgan fingerprint density at radius 2 is 1.88 bits per heavy atom. The molecule has 0 aliphatic carbocycles. The van der Waals surface area contributed by atoms with E-state index in [4.69, 9.17) is 9.84 Å². The number of carbonyl (C=O) groups excluding carboxylic acids is 1. The third-order valence-electron chi connectivity index (χ3n) is 3.46. The number of rotatable bonds is 6. The van der Waals surface area contributed by atoms with E-state index in [0.29, 0.717) is 0 Å². The van der Waals surface area contributed by atoms with Gasteiger partial charge in [0.2, 0.25) is 0 Å². The number of methoxy groups -OCH3 is 1. The fraction of sp³-hybridized carbons (Fsp3) is 0.235. The highest BCUT2D eigenvalue weighted by molar-refractivity contribution is 5.87. The van der Waals surface area contributed by atoms with Crippen molar-refractivity contribution in [1.82, 2.24) is 4.98 Å². The molecule has 0 unspecified atom stereocenters. The smallest absolute Gasteiger partial charge is 0.416 e. The average Bonchev–Trinajstić information content (AvgIpc) is 2.54. The molecule has 5 nitrogen and oxygen atoms in total. The van der Waals surface area contributed by atoms with E-state index in [-0.39, 0.29) is 29.0 Å². The van der Waals surface area contributed by atoms with Crippen LogP contribution in [0.15, 0.2) is 36.5 Å². The summed E-state index contributed by atoms with van der Waals surface area (Å²) in [6, 6.07) is 6.06. The number of aromatic carboxylic acids is 1. The first-order valence-corrected chi connectivity index (χ1v) is 7.14. The lowest BCUT2D eigenvalue weighted by atomic mass is 9.99. The normalized spacial score (nSPS) is 11.2. The minimum Gasteiger partial charge on any atom is -0.497 e. The quantitative estimate of drug-likeness (QED) is 0.863. The van der Waals surface area contributed by atoms with Crippen molar-refractivity contribution in [2.75, 3.05) is 7.11 Å². The average molecular weight is 353 g/mol. The Hall–Kier alpha value is -2.90. The van der Waals surface area contributed by atoms with Gasteiger partial charge in [-0.05, 0) is 29.8 Å². The van der Waals surface area contributed by atoms with Crippen molar-refractivity contribution in [2.24, 2.45) is 0 Å². The van der Waals surface area contributed by atoms with Crippen LogP contribution in [0.25, 0.3) is 0 Å². The van der Waals surface area contributed by atoms with E-state index in [1.54, 1.807) is 0 Å². The number of ether oxygens (including phenoxy) is 1. The van der Waals surface area contributed by atoms with E-state index in [0.717, 1.165) is 12.3 Å². The lowest BCUT2D eigenvalue weighted by Crippen LogP contribution is -2.14. The summed E-state index contributed by atoms with van der Waals surface area (Å²) in [6.45, 7) is 0. The van der Waals surface area contributed by atoms with Crippen LogP contribution in [0.3, 0.4) is 0 Å². The zero-order valence-corrected chi connectivity index (χ0v) is 13.1. The molecule has 132 valence electrons. The molecule has 0 aliphatic rings. The van der Waals surface area contributed by atoms with Crippen LogP contribution in [-0.4, -0.2) is 29.0 Å². The molecule has 0 saturated carbocycles. The fourth-order valence-electron chi connectivity index (χ4n) is 2.23. The van der Waals surface area contributed by atoms with Crippen LogP contribution in [0.1, 0.15) is 27.2 Å². The van der Waals surface area contributed by atoms with Crippen LogP contribution in [0.4, 0.5) is 13.2 Å². The summed E-state index contributed by atoms with van der Waals surface area (Å²) >= 11 is 0. The summed E-state index contributed by atoms with van der Waals surface area (Å²) in [5.74, 6) is -1.57. The van der Waals surface area contributed by atoms with Crippen molar-refractivity contribution in [3.05, 3.63) is 58.9 Å². The van der Waals surface area contributed by atoms with Crippen LogP contribution in [-0.2, 0) is 23.8 Å². The van der Waals surface area contributed by atoms with Crippen LogP contribution in [0, 0.1) is 0 Å². The predicted octanol–water partition coefficient (Wildman–Crippen LogP) is 3.16. The molecule has 8 heteroatoms. The highest BCUT2D eigenvalue weighted by Gasteiger charge is 2.34. The Bertz CT molecular complexity index is 785. The first-order valence-electron chi connectivity index (χ1n) is 7.14. The first kappa shape index (κ1) is 18.4. The van der Waals surface area contributed by atoms with Gasteiger partial charge >= 0.3 is 12.1 Å². The lowest BCUT2D eigenvalue weighted by molar-refractivity contribution is -0.138. The van der Waals surface area contributed by atoms with Gasteiger partial charge < -0.3 is 9.84 Å². The van der Waals surface area contributed by atoms with E-state index in [9.17, 15) is 22.8 Å². The maximum absolute atomic E-state index is 13.1. The number of hydrogen-bond acceptors (Lipinski definition) is 4. The maximum Gasteiger partial charge on any atom is 0.416 e. The van der Waals surface area contributed by atoms with Crippen molar-refractivity contribution in [3.63, 3.8) is 0 Å². The fourth-order valence-corrected chi connectivity index (χ4v) is 2.23. The number of ketones is 1. The summed E-state index contributed by atoms with van der Waals surface area (Å²) in [6.07, 6.45) is -4.12. The molecule has 1 N–H and O–H groups in total. The van der Waals surface area contributed by atoms with Gasteiger partial charge in [-0.1, -0.05) is 6.07 Å². The van der Waals surface area contributed by atoms with E-state index < -0.39 is 29.9 Å². The third-order valence-corrected chi connectivity index (χ3v) is 3.46. The number of carboxylic acids is 1. The summed E-state index contributed by atoms with van der Waals surface area (Å²) in [5, 5.41) is 8.78. The SMILES string of the molecule is COc1ccc(CC(=O)Cc2ccc(C(=O)O)cn2)c(C(F)(F)F)c1. The molecule has 0 amide bonds. The van der Waals surface area contributed by atoms with Crippen LogP contribution < -0.4 is 4.74 Å². The molecule has 1 aromatic carbocycles.